The molecule has 116 valence electrons. The number of nitrogens with zero attached hydrogens (tertiary/aromatic N) is 3. The minimum absolute atomic E-state index is 0.307. The van der Waals surface area contributed by atoms with Crippen LogP contribution in [0.4, 0.5) is 0 Å². The Kier molecular flexibility index (Phi) is 5.14. The molecular weight excluding hydrogens is 274 g/mol. The van der Waals surface area contributed by atoms with Gasteiger partial charge in [-0.05, 0) is 49.6 Å². The van der Waals surface area contributed by atoms with Crippen LogP contribution in [0.15, 0.2) is 48.9 Å². The van der Waals surface area contributed by atoms with Crippen LogP contribution in [0.1, 0.15) is 24.6 Å². The van der Waals surface area contributed by atoms with E-state index in [-0.39, 0.29) is 0 Å². The molecule has 2 atom stereocenters. The SMILES string of the molecule is CCO[C@H]1CCN(Cc2ccccn2)[C@H]1Cc1ccncc1. The molecular formula is C18H23N3O. The van der Waals surface area contributed by atoms with Gasteiger partial charge in [-0.15, -0.1) is 0 Å². The van der Waals surface area contributed by atoms with Gasteiger partial charge in [0.2, 0.25) is 0 Å². The molecule has 0 amide bonds. The molecule has 2 aromatic rings. The number of pyridine rings is 2. The van der Waals surface area contributed by atoms with E-state index >= 15 is 0 Å². The molecule has 1 aliphatic heterocycles. The van der Waals surface area contributed by atoms with E-state index in [1.54, 1.807) is 0 Å². The highest BCUT2D eigenvalue weighted by atomic mass is 16.5. The van der Waals surface area contributed by atoms with Gasteiger partial charge < -0.3 is 4.74 Å². The summed E-state index contributed by atoms with van der Waals surface area (Å²) in [7, 11) is 0. The average Bonchev–Trinajstić information content (AvgIpc) is 2.92. The quantitative estimate of drug-likeness (QED) is 0.821. The molecule has 0 saturated carbocycles. The molecule has 1 fully saturated rings. The smallest absolute Gasteiger partial charge is 0.0745 e. The summed E-state index contributed by atoms with van der Waals surface area (Å²) in [6.07, 6.45) is 7.99. The molecule has 1 saturated heterocycles. The van der Waals surface area contributed by atoms with Gasteiger partial charge in [-0.2, -0.15) is 0 Å². The molecule has 0 aromatic carbocycles. The minimum Gasteiger partial charge on any atom is -0.377 e. The number of aromatic nitrogens is 2. The van der Waals surface area contributed by atoms with Crippen LogP contribution in [-0.2, 0) is 17.7 Å². The maximum Gasteiger partial charge on any atom is 0.0745 e. The second-order valence-corrected chi connectivity index (χ2v) is 5.70. The molecule has 22 heavy (non-hydrogen) atoms. The van der Waals surface area contributed by atoms with E-state index in [1.807, 2.05) is 24.7 Å². The molecule has 4 heteroatoms. The van der Waals surface area contributed by atoms with Gasteiger partial charge in [-0.3, -0.25) is 14.9 Å². The van der Waals surface area contributed by atoms with E-state index in [0.717, 1.165) is 38.2 Å². The van der Waals surface area contributed by atoms with Crippen molar-refractivity contribution in [3.05, 3.63) is 60.2 Å². The summed E-state index contributed by atoms with van der Waals surface area (Å²) in [5.41, 5.74) is 2.44. The zero-order chi connectivity index (χ0) is 15.2. The Morgan fingerprint density at radius 1 is 1.18 bits per heavy atom. The van der Waals surface area contributed by atoms with Crippen LogP contribution in [0.25, 0.3) is 0 Å². The highest BCUT2D eigenvalue weighted by Gasteiger charge is 2.34. The summed E-state index contributed by atoms with van der Waals surface area (Å²) in [5, 5.41) is 0. The van der Waals surface area contributed by atoms with E-state index in [2.05, 4.69) is 46.1 Å². The monoisotopic (exact) mass is 297 g/mol. The molecule has 0 spiro atoms. The van der Waals surface area contributed by atoms with E-state index in [9.17, 15) is 0 Å². The maximum atomic E-state index is 5.98. The third-order valence-electron chi connectivity index (χ3n) is 4.27. The Bertz CT molecular complexity index is 561. The predicted molar refractivity (Wildman–Crippen MR) is 86.4 cm³/mol. The van der Waals surface area contributed by atoms with Crippen molar-refractivity contribution in [2.75, 3.05) is 13.2 Å². The maximum absolute atomic E-state index is 5.98. The summed E-state index contributed by atoms with van der Waals surface area (Å²) in [5.74, 6) is 0. The molecule has 3 rings (SSSR count). The summed E-state index contributed by atoms with van der Waals surface area (Å²) in [4.78, 5) is 11.1. The average molecular weight is 297 g/mol. The fourth-order valence-corrected chi connectivity index (χ4v) is 3.21. The van der Waals surface area contributed by atoms with Gasteiger partial charge in [0, 0.05) is 44.3 Å². The lowest BCUT2D eigenvalue weighted by molar-refractivity contribution is 0.0329. The summed E-state index contributed by atoms with van der Waals surface area (Å²) in [6, 6.07) is 10.7. The van der Waals surface area contributed by atoms with E-state index in [4.69, 9.17) is 4.74 Å². The van der Waals surface area contributed by atoms with Crippen LogP contribution >= 0.6 is 0 Å². The number of ether oxygens (including phenoxy) is 1. The summed E-state index contributed by atoms with van der Waals surface area (Å²) >= 11 is 0. The fourth-order valence-electron chi connectivity index (χ4n) is 3.21. The van der Waals surface area contributed by atoms with Crippen LogP contribution in [-0.4, -0.2) is 40.2 Å². The van der Waals surface area contributed by atoms with Gasteiger partial charge in [0.25, 0.3) is 0 Å². The normalized spacial score (nSPS) is 22.0. The largest absolute Gasteiger partial charge is 0.377 e. The lowest BCUT2D eigenvalue weighted by atomic mass is 10.0. The Morgan fingerprint density at radius 3 is 2.77 bits per heavy atom. The molecule has 0 N–H and O–H groups in total. The van der Waals surface area contributed by atoms with Crippen molar-refractivity contribution < 1.29 is 4.74 Å². The van der Waals surface area contributed by atoms with Crippen LogP contribution in [0.3, 0.4) is 0 Å². The molecule has 0 unspecified atom stereocenters. The van der Waals surface area contributed by atoms with E-state index < -0.39 is 0 Å². The standard InChI is InChI=1S/C18H23N3O/c1-2-22-18-8-12-21(14-16-5-3-4-9-20-16)17(18)13-15-6-10-19-11-7-15/h3-7,9-11,17-18H,2,8,12-14H2,1H3/t17-,18-/m0/s1. The number of hydrogen-bond donors (Lipinski definition) is 0. The van der Waals surface area contributed by atoms with Crippen LogP contribution in [0, 0.1) is 0 Å². The molecule has 1 aliphatic rings. The van der Waals surface area contributed by atoms with Gasteiger partial charge >= 0.3 is 0 Å². The lowest BCUT2D eigenvalue weighted by Gasteiger charge is -2.28. The van der Waals surface area contributed by atoms with Crippen molar-refractivity contribution in [1.82, 2.24) is 14.9 Å². The molecule has 3 heterocycles. The highest BCUT2D eigenvalue weighted by molar-refractivity contribution is 5.13. The Hall–Kier alpha value is -1.78. The first-order valence-electron chi connectivity index (χ1n) is 8.01. The third-order valence-corrected chi connectivity index (χ3v) is 4.27. The van der Waals surface area contributed by atoms with Crippen molar-refractivity contribution in [1.29, 1.82) is 0 Å². The summed E-state index contributed by atoms with van der Waals surface area (Å²) in [6.45, 7) is 4.80. The second kappa shape index (κ2) is 7.47. The Morgan fingerprint density at radius 2 is 2.05 bits per heavy atom. The first-order chi connectivity index (χ1) is 10.9. The van der Waals surface area contributed by atoms with Crippen LogP contribution in [0.2, 0.25) is 0 Å². The minimum atomic E-state index is 0.307. The first-order valence-corrected chi connectivity index (χ1v) is 8.01. The van der Waals surface area contributed by atoms with Gasteiger partial charge in [-0.1, -0.05) is 6.07 Å². The summed E-state index contributed by atoms with van der Waals surface area (Å²) < 4.78 is 5.98. The third kappa shape index (κ3) is 3.70. The van der Waals surface area contributed by atoms with E-state index in [1.165, 1.54) is 5.56 Å². The van der Waals surface area contributed by atoms with Gasteiger partial charge in [0.05, 0.1) is 11.8 Å². The second-order valence-electron chi connectivity index (χ2n) is 5.70. The van der Waals surface area contributed by atoms with Crippen molar-refractivity contribution in [3.63, 3.8) is 0 Å². The van der Waals surface area contributed by atoms with Crippen molar-refractivity contribution in [3.8, 4) is 0 Å². The van der Waals surface area contributed by atoms with Crippen LogP contribution in [0.5, 0.6) is 0 Å². The van der Waals surface area contributed by atoms with Gasteiger partial charge in [-0.25, -0.2) is 0 Å². The predicted octanol–water partition coefficient (Wildman–Crippen LogP) is 2.70. The van der Waals surface area contributed by atoms with Crippen molar-refractivity contribution in [2.24, 2.45) is 0 Å². The number of likely N-dealkylation sites (tertiary alicyclic amines) is 1. The zero-order valence-electron chi connectivity index (χ0n) is 13.1. The Balaban J connectivity index is 1.73. The molecule has 0 bridgehead atoms. The molecule has 4 nitrogen and oxygen atoms in total. The molecule has 0 radical (unpaired) electrons. The number of rotatable bonds is 6. The molecule has 0 aliphatic carbocycles. The van der Waals surface area contributed by atoms with Gasteiger partial charge in [0.1, 0.15) is 0 Å². The Labute approximate surface area is 132 Å². The molecule has 2 aromatic heterocycles. The van der Waals surface area contributed by atoms with Crippen molar-refractivity contribution >= 4 is 0 Å². The zero-order valence-corrected chi connectivity index (χ0v) is 13.1. The highest BCUT2D eigenvalue weighted by Crippen LogP contribution is 2.25. The van der Waals surface area contributed by atoms with Crippen LogP contribution < -0.4 is 0 Å². The number of hydrogen-bond acceptors (Lipinski definition) is 4. The first kappa shape index (κ1) is 15.1. The van der Waals surface area contributed by atoms with E-state index in [0.29, 0.717) is 12.1 Å². The van der Waals surface area contributed by atoms with Crippen molar-refractivity contribution in [2.45, 2.75) is 38.5 Å². The fraction of sp³-hybridized carbons (Fsp3) is 0.444. The lowest BCUT2D eigenvalue weighted by Crippen LogP contribution is -2.38. The topological polar surface area (TPSA) is 38.2 Å². The van der Waals surface area contributed by atoms with Gasteiger partial charge in [0.15, 0.2) is 0 Å².